The third-order valence-corrected chi connectivity index (χ3v) is 4.27. The third kappa shape index (κ3) is 3.69. The Kier molecular flexibility index (Phi) is 5.28. The summed E-state index contributed by atoms with van der Waals surface area (Å²) >= 11 is 0. The van der Waals surface area contributed by atoms with E-state index in [1.807, 2.05) is 0 Å². The van der Waals surface area contributed by atoms with E-state index in [0.29, 0.717) is 5.92 Å². The van der Waals surface area contributed by atoms with Gasteiger partial charge in [-0.2, -0.15) is 5.26 Å². The van der Waals surface area contributed by atoms with Crippen LogP contribution in [0.5, 0.6) is 0 Å². The molecule has 2 fully saturated rings. The van der Waals surface area contributed by atoms with Crippen LogP contribution in [0, 0.1) is 17.2 Å². The van der Waals surface area contributed by atoms with Crippen LogP contribution in [0.15, 0.2) is 0 Å². The van der Waals surface area contributed by atoms with E-state index in [9.17, 15) is 5.26 Å². The number of nitrogens with zero attached hydrogens (tertiary/aromatic N) is 2. The van der Waals surface area contributed by atoms with Gasteiger partial charge in [-0.15, -0.1) is 0 Å². The van der Waals surface area contributed by atoms with E-state index >= 15 is 0 Å². The van der Waals surface area contributed by atoms with Crippen molar-refractivity contribution in [2.45, 2.75) is 51.0 Å². The molecular weight excluding hydrogens is 210 g/mol. The molecule has 0 aromatic rings. The summed E-state index contributed by atoms with van der Waals surface area (Å²) in [7, 11) is 0. The molecule has 0 radical (unpaired) electrons. The maximum Gasteiger partial charge on any atom is 0.101 e. The molecule has 1 aliphatic heterocycles. The minimum atomic E-state index is 0.176. The van der Waals surface area contributed by atoms with Gasteiger partial charge >= 0.3 is 0 Å². The molecule has 3 heteroatoms. The lowest BCUT2D eigenvalue weighted by Crippen LogP contribution is -2.50. The summed E-state index contributed by atoms with van der Waals surface area (Å²) in [4.78, 5) is 2.41. The number of rotatable bonds is 2. The lowest BCUT2D eigenvalue weighted by atomic mass is 9.85. The van der Waals surface area contributed by atoms with Gasteiger partial charge in [-0.1, -0.05) is 32.1 Å². The molecular formula is C14H25N3. The summed E-state index contributed by atoms with van der Waals surface area (Å²) in [5.41, 5.74) is 0. The highest BCUT2D eigenvalue weighted by Gasteiger charge is 2.28. The Balaban J connectivity index is 1.92. The SMILES string of the molecule is N#CC(C1CCCCCCC1)N1CCNCC1. The van der Waals surface area contributed by atoms with Gasteiger partial charge in [0.05, 0.1) is 6.07 Å². The lowest BCUT2D eigenvalue weighted by Gasteiger charge is -2.36. The van der Waals surface area contributed by atoms with Crippen LogP contribution in [0.4, 0.5) is 0 Å². The predicted molar refractivity (Wildman–Crippen MR) is 69.7 cm³/mol. The molecule has 1 heterocycles. The lowest BCUT2D eigenvalue weighted by molar-refractivity contribution is 0.144. The summed E-state index contributed by atoms with van der Waals surface area (Å²) in [5, 5.41) is 12.8. The third-order valence-electron chi connectivity index (χ3n) is 4.27. The normalized spacial score (nSPS) is 26.8. The fourth-order valence-electron chi connectivity index (χ4n) is 3.25. The predicted octanol–water partition coefficient (Wildman–Crippen LogP) is 2.14. The summed E-state index contributed by atoms with van der Waals surface area (Å²) in [6.45, 7) is 4.19. The van der Waals surface area contributed by atoms with E-state index in [1.54, 1.807) is 0 Å². The van der Waals surface area contributed by atoms with Gasteiger partial charge in [-0.05, 0) is 18.8 Å². The van der Waals surface area contributed by atoms with Crippen molar-refractivity contribution in [1.82, 2.24) is 10.2 Å². The first-order valence-electron chi connectivity index (χ1n) is 7.26. The van der Waals surface area contributed by atoms with Gasteiger partial charge in [0.2, 0.25) is 0 Å². The second kappa shape index (κ2) is 6.98. The van der Waals surface area contributed by atoms with Gasteiger partial charge in [0.15, 0.2) is 0 Å². The van der Waals surface area contributed by atoms with Crippen LogP contribution in [0.2, 0.25) is 0 Å². The molecule has 0 aromatic carbocycles. The Hall–Kier alpha value is -0.590. The largest absolute Gasteiger partial charge is 0.314 e. The summed E-state index contributed by atoms with van der Waals surface area (Å²) in [5.74, 6) is 0.624. The van der Waals surface area contributed by atoms with Crippen molar-refractivity contribution >= 4 is 0 Å². The zero-order valence-corrected chi connectivity index (χ0v) is 10.8. The van der Waals surface area contributed by atoms with Crippen molar-refractivity contribution in [1.29, 1.82) is 5.26 Å². The van der Waals surface area contributed by atoms with Gasteiger partial charge in [0.25, 0.3) is 0 Å². The van der Waals surface area contributed by atoms with E-state index in [-0.39, 0.29) is 6.04 Å². The first-order chi connectivity index (χ1) is 8.42. The molecule has 1 aliphatic carbocycles. The van der Waals surface area contributed by atoms with E-state index in [2.05, 4.69) is 16.3 Å². The molecule has 1 saturated heterocycles. The first-order valence-corrected chi connectivity index (χ1v) is 7.26. The van der Waals surface area contributed by atoms with Crippen molar-refractivity contribution in [3.8, 4) is 6.07 Å². The second-order valence-electron chi connectivity index (χ2n) is 5.47. The number of hydrogen-bond donors (Lipinski definition) is 1. The minimum absolute atomic E-state index is 0.176. The first kappa shape index (κ1) is 12.9. The van der Waals surface area contributed by atoms with Crippen LogP contribution in [0.1, 0.15) is 44.9 Å². The van der Waals surface area contributed by atoms with E-state index in [0.717, 1.165) is 26.2 Å². The van der Waals surface area contributed by atoms with Gasteiger partial charge in [0, 0.05) is 26.2 Å². The fourth-order valence-corrected chi connectivity index (χ4v) is 3.25. The summed E-state index contributed by atoms with van der Waals surface area (Å²) < 4.78 is 0. The molecule has 1 atom stereocenters. The Labute approximate surface area is 105 Å². The molecule has 0 amide bonds. The molecule has 3 nitrogen and oxygen atoms in total. The van der Waals surface area contributed by atoms with Crippen LogP contribution in [0.25, 0.3) is 0 Å². The van der Waals surface area contributed by atoms with E-state index in [4.69, 9.17) is 0 Å². The molecule has 96 valence electrons. The van der Waals surface area contributed by atoms with Gasteiger partial charge in [-0.25, -0.2) is 0 Å². The van der Waals surface area contributed by atoms with Gasteiger partial charge in [0.1, 0.15) is 6.04 Å². The zero-order valence-electron chi connectivity index (χ0n) is 10.8. The second-order valence-corrected chi connectivity index (χ2v) is 5.47. The smallest absolute Gasteiger partial charge is 0.101 e. The van der Waals surface area contributed by atoms with Crippen molar-refractivity contribution in [3.05, 3.63) is 0 Å². The fraction of sp³-hybridized carbons (Fsp3) is 0.929. The van der Waals surface area contributed by atoms with Crippen molar-refractivity contribution in [2.75, 3.05) is 26.2 Å². The summed E-state index contributed by atoms with van der Waals surface area (Å²) in [6, 6.07) is 2.76. The number of hydrogen-bond acceptors (Lipinski definition) is 3. The molecule has 1 N–H and O–H groups in total. The van der Waals surface area contributed by atoms with Crippen LogP contribution < -0.4 is 5.32 Å². The van der Waals surface area contributed by atoms with Gasteiger partial charge in [-0.3, -0.25) is 4.90 Å². The van der Waals surface area contributed by atoms with Crippen molar-refractivity contribution in [2.24, 2.45) is 5.92 Å². The van der Waals surface area contributed by atoms with E-state index < -0.39 is 0 Å². The number of nitrogens with one attached hydrogen (secondary N) is 1. The standard InChI is InChI=1S/C14H25N3/c15-12-14(17-10-8-16-9-11-17)13-6-4-2-1-3-5-7-13/h13-14,16H,1-11H2. The highest BCUT2D eigenvalue weighted by atomic mass is 15.2. The summed E-state index contributed by atoms with van der Waals surface area (Å²) in [6.07, 6.45) is 9.33. The van der Waals surface area contributed by atoms with Crippen LogP contribution in [-0.4, -0.2) is 37.1 Å². The molecule has 0 spiro atoms. The molecule has 17 heavy (non-hydrogen) atoms. The highest BCUT2D eigenvalue weighted by molar-refractivity contribution is 4.98. The maximum atomic E-state index is 9.48. The number of nitriles is 1. The zero-order chi connectivity index (χ0) is 11.9. The van der Waals surface area contributed by atoms with E-state index in [1.165, 1.54) is 44.9 Å². The molecule has 0 bridgehead atoms. The van der Waals surface area contributed by atoms with Gasteiger partial charge < -0.3 is 5.32 Å². The minimum Gasteiger partial charge on any atom is -0.314 e. The Morgan fingerprint density at radius 2 is 1.59 bits per heavy atom. The molecule has 1 unspecified atom stereocenters. The monoisotopic (exact) mass is 235 g/mol. The Morgan fingerprint density at radius 3 is 2.18 bits per heavy atom. The molecule has 1 saturated carbocycles. The molecule has 0 aromatic heterocycles. The molecule has 2 aliphatic rings. The molecule has 2 rings (SSSR count). The quantitative estimate of drug-likeness (QED) is 0.797. The van der Waals surface area contributed by atoms with Crippen LogP contribution >= 0.6 is 0 Å². The van der Waals surface area contributed by atoms with Crippen molar-refractivity contribution < 1.29 is 0 Å². The maximum absolute atomic E-state index is 9.48. The number of piperazine rings is 1. The highest BCUT2D eigenvalue weighted by Crippen LogP contribution is 2.27. The average Bonchev–Trinajstić information content (AvgIpc) is 2.34. The van der Waals surface area contributed by atoms with Crippen molar-refractivity contribution in [3.63, 3.8) is 0 Å². The Morgan fingerprint density at radius 1 is 1.00 bits per heavy atom. The average molecular weight is 235 g/mol. The Bertz CT molecular complexity index is 245. The van der Waals surface area contributed by atoms with Crippen LogP contribution in [0.3, 0.4) is 0 Å². The van der Waals surface area contributed by atoms with Crippen LogP contribution in [-0.2, 0) is 0 Å². The topological polar surface area (TPSA) is 39.1 Å².